The lowest BCUT2D eigenvalue weighted by atomic mass is 10.1. The molecule has 0 fully saturated rings. The lowest BCUT2D eigenvalue weighted by molar-refractivity contribution is -0.122. The lowest BCUT2D eigenvalue weighted by Crippen LogP contribution is -2.29. The van der Waals surface area contributed by atoms with Crippen LogP contribution in [0.1, 0.15) is 12.5 Å². The Balaban J connectivity index is 2.86. The molecule has 0 radical (unpaired) electrons. The van der Waals surface area contributed by atoms with Gasteiger partial charge in [-0.25, -0.2) is 0 Å². The van der Waals surface area contributed by atoms with Gasteiger partial charge < -0.3 is 0 Å². The van der Waals surface area contributed by atoms with E-state index in [1.807, 2.05) is 30.3 Å². The molecule has 0 N–H and O–H groups in total. The molecule has 2 amide bonds. The highest BCUT2D eigenvalue weighted by molar-refractivity contribution is 6.64. The van der Waals surface area contributed by atoms with Crippen LogP contribution in [0.3, 0.4) is 0 Å². The Morgan fingerprint density at radius 3 is 2.31 bits per heavy atom. The van der Waals surface area contributed by atoms with Crippen molar-refractivity contribution in [1.82, 2.24) is 4.90 Å². The Kier molecular flexibility index (Phi) is 4.26. The van der Waals surface area contributed by atoms with Crippen molar-refractivity contribution >= 4 is 29.0 Å². The Morgan fingerprint density at radius 1 is 1.25 bits per heavy atom. The highest BCUT2D eigenvalue weighted by atomic mass is 35.5. The molecule has 0 spiro atoms. The van der Waals surface area contributed by atoms with Gasteiger partial charge in [-0.3, -0.25) is 14.5 Å². The normalized spacial score (nSPS) is 11.1. The minimum absolute atomic E-state index is 0.399. The van der Waals surface area contributed by atoms with Crippen molar-refractivity contribution in [3.63, 3.8) is 0 Å². The van der Waals surface area contributed by atoms with Gasteiger partial charge in [0.1, 0.15) is 0 Å². The number of carbonyl (C=O) groups is 2. The molecule has 4 heteroatoms. The average molecular weight is 238 g/mol. The third kappa shape index (κ3) is 3.21. The van der Waals surface area contributed by atoms with Crippen LogP contribution in [0, 0.1) is 0 Å². The first-order valence-electron chi connectivity index (χ1n) is 4.73. The van der Waals surface area contributed by atoms with E-state index < -0.39 is 11.3 Å². The van der Waals surface area contributed by atoms with Crippen LogP contribution < -0.4 is 0 Å². The van der Waals surface area contributed by atoms with Crippen molar-refractivity contribution in [2.24, 2.45) is 0 Å². The summed E-state index contributed by atoms with van der Waals surface area (Å²) in [7, 11) is 1.35. The van der Waals surface area contributed by atoms with Gasteiger partial charge in [0.05, 0.1) is 0 Å². The van der Waals surface area contributed by atoms with Gasteiger partial charge in [0.15, 0.2) is 0 Å². The van der Waals surface area contributed by atoms with E-state index in [0.29, 0.717) is 5.57 Å². The van der Waals surface area contributed by atoms with E-state index in [2.05, 4.69) is 0 Å². The predicted octanol–water partition coefficient (Wildman–Crippen LogP) is 2.91. The first-order chi connectivity index (χ1) is 7.52. The summed E-state index contributed by atoms with van der Waals surface area (Å²) in [5.41, 5.74) is 1.37. The predicted molar refractivity (Wildman–Crippen MR) is 64.1 cm³/mol. The van der Waals surface area contributed by atoms with E-state index in [1.165, 1.54) is 7.05 Å². The molecule has 1 aromatic carbocycles. The molecule has 1 aromatic rings. The molecule has 0 heterocycles. The van der Waals surface area contributed by atoms with Crippen molar-refractivity contribution in [3.8, 4) is 0 Å². The van der Waals surface area contributed by atoms with Gasteiger partial charge >= 0.3 is 5.37 Å². The fourth-order valence-corrected chi connectivity index (χ4v) is 1.28. The number of nitrogens with zero attached hydrogens (tertiary/aromatic N) is 1. The summed E-state index contributed by atoms with van der Waals surface area (Å²) >= 11 is 5.21. The van der Waals surface area contributed by atoms with Crippen LogP contribution in [0.2, 0.25) is 0 Å². The van der Waals surface area contributed by atoms with Crippen molar-refractivity contribution in [2.45, 2.75) is 6.92 Å². The van der Waals surface area contributed by atoms with Crippen LogP contribution in [0.5, 0.6) is 0 Å². The number of likely N-dealkylation sites (N-methyl/N-ethyl adjacent to an activating group) is 1. The lowest BCUT2D eigenvalue weighted by Gasteiger charge is -2.11. The van der Waals surface area contributed by atoms with Gasteiger partial charge in [0.25, 0.3) is 5.91 Å². The second kappa shape index (κ2) is 5.47. The average Bonchev–Trinajstić information content (AvgIpc) is 2.28. The summed E-state index contributed by atoms with van der Waals surface area (Å²) < 4.78 is 0. The number of carbonyl (C=O) groups excluding carboxylic acids is 2. The molecule has 0 aliphatic heterocycles. The van der Waals surface area contributed by atoms with Crippen LogP contribution >= 0.6 is 11.6 Å². The zero-order valence-electron chi connectivity index (χ0n) is 9.11. The highest BCUT2D eigenvalue weighted by Crippen LogP contribution is 2.09. The molecular weight excluding hydrogens is 226 g/mol. The van der Waals surface area contributed by atoms with E-state index in [9.17, 15) is 9.59 Å². The Morgan fingerprint density at radius 2 is 1.81 bits per heavy atom. The van der Waals surface area contributed by atoms with Crippen LogP contribution in [0.15, 0.2) is 35.9 Å². The second-order valence-corrected chi connectivity index (χ2v) is 3.68. The molecule has 3 nitrogen and oxygen atoms in total. The summed E-state index contributed by atoms with van der Waals surface area (Å²) in [6, 6.07) is 9.39. The third-order valence-corrected chi connectivity index (χ3v) is 2.34. The minimum atomic E-state index is -0.786. The first-order valence-corrected chi connectivity index (χ1v) is 5.11. The van der Waals surface area contributed by atoms with E-state index in [-0.39, 0.29) is 0 Å². The van der Waals surface area contributed by atoms with Crippen LogP contribution in [-0.4, -0.2) is 23.2 Å². The molecule has 0 aromatic heterocycles. The van der Waals surface area contributed by atoms with Gasteiger partial charge in [-0.15, -0.1) is 0 Å². The zero-order valence-corrected chi connectivity index (χ0v) is 9.86. The van der Waals surface area contributed by atoms with Crippen LogP contribution in [-0.2, 0) is 4.79 Å². The van der Waals surface area contributed by atoms with Crippen LogP contribution in [0.4, 0.5) is 4.79 Å². The van der Waals surface area contributed by atoms with Gasteiger partial charge in [-0.1, -0.05) is 30.3 Å². The van der Waals surface area contributed by atoms with Gasteiger partial charge in [-0.2, -0.15) is 0 Å². The van der Waals surface area contributed by atoms with E-state index >= 15 is 0 Å². The summed E-state index contributed by atoms with van der Waals surface area (Å²) in [5.74, 6) is -0.399. The summed E-state index contributed by atoms with van der Waals surface area (Å²) in [6.45, 7) is 1.64. The molecule has 0 saturated carbocycles. The summed E-state index contributed by atoms with van der Waals surface area (Å²) in [6.07, 6.45) is 1.71. The highest BCUT2D eigenvalue weighted by Gasteiger charge is 2.15. The fourth-order valence-electron chi connectivity index (χ4n) is 1.21. The van der Waals surface area contributed by atoms with Crippen molar-refractivity contribution in [1.29, 1.82) is 0 Å². The standard InChI is InChI=1S/C12H12ClNO2/c1-9(11(15)14(2)12(13)16)8-10-6-4-3-5-7-10/h3-8H,1-2H3. The Hall–Kier alpha value is -1.61. The van der Waals surface area contributed by atoms with E-state index in [4.69, 9.17) is 11.6 Å². The molecule has 0 saturated heterocycles. The first kappa shape index (κ1) is 12.5. The molecule has 0 unspecified atom stereocenters. The molecule has 84 valence electrons. The van der Waals surface area contributed by atoms with Crippen molar-refractivity contribution in [2.75, 3.05) is 7.05 Å². The summed E-state index contributed by atoms with van der Waals surface area (Å²) in [5, 5.41) is -0.786. The monoisotopic (exact) mass is 237 g/mol. The number of imide groups is 1. The van der Waals surface area contributed by atoms with Crippen molar-refractivity contribution in [3.05, 3.63) is 41.5 Å². The Labute approximate surface area is 99.3 Å². The maximum Gasteiger partial charge on any atom is 0.323 e. The topological polar surface area (TPSA) is 37.4 Å². The van der Waals surface area contributed by atoms with E-state index in [0.717, 1.165) is 10.5 Å². The minimum Gasteiger partial charge on any atom is -0.269 e. The van der Waals surface area contributed by atoms with Gasteiger partial charge in [0, 0.05) is 12.6 Å². The molecule has 0 atom stereocenters. The number of rotatable bonds is 2. The maximum absolute atomic E-state index is 11.6. The molecule has 1 rings (SSSR count). The number of halogens is 1. The van der Waals surface area contributed by atoms with Gasteiger partial charge in [0.2, 0.25) is 0 Å². The number of amides is 2. The van der Waals surface area contributed by atoms with E-state index in [1.54, 1.807) is 13.0 Å². The maximum atomic E-state index is 11.6. The number of hydrogen-bond donors (Lipinski definition) is 0. The molecule has 0 aliphatic carbocycles. The fraction of sp³-hybridized carbons (Fsp3) is 0.167. The molecular formula is C12H12ClNO2. The summed E-state index contributed by atoms with van der Waals surface area (Å²) in [4.78, 5) is 23.3. The smallest absolute Gasteiger partial charge is 0.269 e. The Bertz CT molecular complexity index is 426. The molecule has 0 bridgehead atoms. The van der Waals surface area contributed by atoms with Gasteiger partial charge in [-0.05, 0) is 30.2 Å². The third-order valence-electron chi connectivity index (χ3n) is 2.09. The zero-order chi connectivity index (χ0) is 12.1. The number of hydrogen-bond acceptors (Lipinski definition) is 2. The largest absolute Gasteiger partial charge is 0.323 e. The molecule has 16 heavy (non-hydrogen) atoms. The SMILES string of the molecule is CC(=Cc1ccccc1)C(=O)N(C)C(=O)Cl. The second-order valence-electron chi connectivity index (χ2n) is 3.36. The van der Waals surface area contributed by atoms with Crippen molar-refractivity contribution < 1.29 is 9.59 Å². The quantitative estimate of drug-likeness (QED) is 0.451. The molecule has 0 aliphatic rings. The number of benzene rings is 1. The van der Waals surface area contributed by atoms with Crippen LogP contribution in [0.25, 0.3) is 6.08 Å².